The van der Waals surface area contributed by atoms with Crippen LogP contribution >= 0.6 is 0 Å². The van der Waals surface area contributed by atoms with E-state index in [-0.39, 0.29) is 5.54 Å². The lowest BCUT2D eigenvalue weighted by Crippen LogP contribution is -2.35. The van der Waals surface area contributed by atoms with E-state index in [4.69, 9.17) is 0 Å². The summed E-state index contributed by atoms with van der Waals surface area (Å²) in [5.41, 5.74) is 5.16. The maximum Gasteiger partial charge on any atom is 0.0762 e. The van der Waals surface area contributed by atoms with Gasteiger partial charge in [-0.05, 0) is 51.8 Å². The Balaban J connectivity index is 2.04. The number of aryl methyl sites for hydroxylation is 2. The van der Waals surface area contributed by atoms with Crippen LogP contribution in [-0.4, -0.2) is 15.3 Å². The summed E-state index contributed by atoms with van der Waals surface area (Å²) in [4.78, 5) is 0. The molecule has 0 atom stereocenters. The van der Waals surface area contributed by atoms with Gasteiger partial charge in [-0.1, -0.05) is 23.8 Å². The fourth-order valence-corrected chi connectivity index (χ4v) is 2.09. The van der Waals surface area contributed by atoms with Crippen LogP contribution in [0.1, 0.15) is 43.2 Å². The molecule has 0 bridgehead atoms. The highest BCUT2D eigenvalue weighted by Crippen LogP contribution is 2.12. The normalized spacial score (nSPS) is 11.8. The molecular formula is C17H25N3. The second-order valence-electron chi connectivity index (χ2n) is 6.54. The molecule has 2 rings (SSSR count). The molecule has 0 aliphatic rings. The first kappa shape index (κ1) is 14.8. The molecule has 1 heterocycles. The van der Waals surface area contributed by atoms with Gasteiger partial charge in [-0.25, -0.2) is 0 Å². The average Bonchev–Trinajstić information content (AvgIpc) is 2.78. The van der Waals surface area contributed by atoms with Gasteiger partial charge in [0.25, 0.3) is 0 Å². The fraction of sp³-hybridized carbons (Fsp3) is 0.471. The molecule has 0 unspecified atom stereocenters. The summed E-state index contributed by atoms with van der Waals surface area (Å²) in [5, 5.41) is 8.09. The average molecular weight is 271 g/mol. The second kappa shape index (κ2) is 5.80. The van der Waals surface area contributed by atoms with E-state index in [1.54, 1.807) is 0 Å². The largest absolute Gasteiger partial charge is 0.306 e. The zero-order valence-corrected chi connectivity index (χ0v) is 13.2. The van der Waals surface area contributed by atoms with Crippen molar-refractivity contribution in [3.8, 4) is 0 Å². The number of rotatable bonds is 4. The molecular weight excluding hydrogens is 246 g/mol. The molecule has 0 spiro atoms. The standard InChI is InChI=1S/C17H25N3/c1-13-6-7-14(2)15(10-13)12-20-9-8-16(19-20)11-18-17(3,4)5/h6-10,18H,11-12H2,1-5H3. The summed E-state index contributed by atoms with van der Waals surface area (Å²) in [7, 11) is 0. The van der Waals surface area contributed by atoms with Gasteiger partial charge in [0.15, 0.2) is 0 Å². The number of nitrogens with one attached hydrogen (secondary N) is 1. The van der Waals surface area contributed by atoms with E-state index in [1.807, 2.05) is 4.68 Å². The lowest BCUT2D eigenvalue weighted by atomic mass is 10.1. The van der Waals surface area contributed by atoms with Gasteiger partial charge in [0.05, 0.1) is 12.2 Å². The van der Waals surface area contributed by atoms with Crippen molar-refractivity contribution in [2.45, 2.75) is 53.2 Å². The van der Waals surface area contributed by atoms with E-state index in [2.05, 4.69) is 75.5 Å². The highest BCUT2D eigenvalue weighted by Gasteiger charge is 2.09. The molecule has 1 N–H and O–H groups in total. The Morgan fingerprint density at radius 3 is 2.60 bits per heavy atom. The van der Waals surface area contributed by atoms with Crippen LogP contribution < -0.4 is 5.32 Å². The van der Waals surface area contributed by atoms with Crippen molar-refractivity contribution in [2.24, 2.45) is 0 Å². The van der Waals surface area contributed by atoms with E-state index in [0.29, 0.717) is 0 Å². The third kappa shape index (κ3) is 4.20. The van der Waals surface area contributed by atoms with Gasteiger partial charge in [0.1, 0.15) is 0 Å². The minimum absolute atomic E-state index is 0.122. The van der Waals surface area contributed by atoms with Gasteiger partial charge < -0.3 is 5.32 Å². The first-order valence-electron chi connectivity index (χ1n) is 7.17. The van der Waals surface area contributed by atoms with Crippen molar-refractivity contribution in [1.82, 2.24) is 15.1 Å². The molecule has 0 fully saturated rings. The van der Waals surface area contributed by atoms with Crippen LogP contribution in [0.15, 0.2) is 30.5 Å². The zero-order chi connectivity index (χ0) is 14.8. The lowest BCUT2D eigenvalue weighted by Gasteiger charge is -2.19. The van der Waals surface area contributed by atoms with Gasteiger partial charge in [-0.15, -0.1) is 0 Å². The number of aromatic nitrogens is 2. The third-order valence-electron chi connectivity index (χ3n) is 3.33. The first-order chi connectivity index (χ1) is 9.33. The van der Waals surface area contributed by atoms with E-state index >= 15 is 0 Å². The van der Waals surface area contributed by atoms with Gasteiger partial charge in [-0.2, -0.15) is 5.10 Å². The third-order valence-corrected chi connectivity index (χ3v) is 3.33. The molecule has 3 heteroatoms. The van der Waals surface area contributed by atoms with Crippen LogP contribution in [0.5, 0.6) is 0 Å². The van der Waals surface area contributed by atoms with Crippen LogP contribution in [0.25, 0.3) is 0 Å². The van der Waals surface area contributed by atoms with E-state index in [9.17, 15) is 0 Å². The van der Waals surface area contributed by atoms with Crippen molar-refractivity contribution in [2.75, 3.05) is 0 Å². The molecule has 0 amide bonds. The van der Waals surface area contributed by atoms with Crippen LogP contribution in [0.4, 0.5) is 0 Å². The monoisotopic (exact) mass is 271 g/mol. The molecule has 108 valence electrons. The Morgan fingerprint density at radius 2 is 1.90 bits per heavy atom. The summed E-state index contributed by atoms with van der Waals surface area (Å²) < 4.78 is 2.02. The molecule has 1 aromatic heterocycles. The topological polar surface area (TPSA) is 29.9 Å². The van der Waals surface area contributed by atoms with Crippen LogP contribution in [0.3, 0.4) is 0 Å². The van der Waals surface area contributed by atoms with Crippen molar-refractivity contribution in [3.05, 3.63) is 52.8 Å². The summed E-state index contributed by atoms with van der Waals surface area (Å²) in [6.07, 6.45) is 2.06. The van der Waals surface area contributed by atoms with Gasteiger partial charge in [-0.3, -0.25) is 4.68 Å². The molecule has 0 aliphatic heterocycles. The van der Waals surface area contributed by atoms with Crippen molar-refractivity contribution < 1.29 is 0 Å². The van der Waals surface area contributed by atoms with Crippen LogP contribution in [-0.2, 0) is 13.1 Å². The highest BCUT2D eigenvalue weighted by molar-refractivity contribution is 5.30. The number of benzene rings is 1. The minimum atomic E-state index is 0.122. The first-order valence-corrected chi connectivity index (χ1v) is 7.17. The minimum Gasteiger partial charge on any atom is -0.306 e. The molecule has 1 aromatic carbocycles. The SMILES string of the molecule is Cc1ccc(C)c(Cn2ccc(CNC(C)(C)C)n2)c1. The smallest absolute Gasteiger partial charge is 0.0762 e. The molecule has 0 aliphatic carbocycles. The lowest BCUT2D eigenvalue weighted by molar-refractivity contribution is 0.419. The van der Waals surface area contributed by atoms with Crippen molar-refractivity contribution in [1.29, 1.82) is 0 Å². The quantitative estimate of drug-likeness (QED) is 0.923. The van der Waals surface area contributed by atoms with E-state index in [0.717, 1.165) is 18.8 Å². The van der Waals surface area contributed by atoms with Gasteiger partial charge >= 0.3 is 0 Å². The number of hydrogen-bond donors (Lipinski definition) is 1. The molecule has 3 nitrogen and oxygen atoms in total. The predicted octanol–water partition coefficient (Wildman–Crippen LogP) is 3.44. The van der Waals surface area contributed by atoms with Gasteiger partial charge in [0, 0.05) is 18.3 Å². The predicted molar refractivity (Wildman–Crippen MR) is 83.8 cm³/mol. The maximum atomic E-state index is 4.63. The Hall–Kier alpha value is -1.61. The highest BCUT2D eigenvalue weighted by atomic mass is 15.3. The zero-order valence-electron chi connectivity index (χ0n) is 13.2. The Labute approximate surface area is 122 Å². The van der Waals surface area contributed by atoms with E-state index in [1.165, 1.54) is 16.7 Å². The summed E-state index contributed by atoms with van der Waals surface area (Å²) in [6.45, 7) is 12.4. The molecule has 2 aromatic rings. The summed E-state index contributed by atoms with van der Waals surface area (Å²) >= 11 is 0. The molecule has 0 saturated heterocycles. The summed E-state index contributed by atoms with van der Waals surface area (Å²) in [6, 6.07) is 8.66. The molecule has 0 saturated carbocycles. The Morgan fingerprint density at radius 1 is 1.15 bits per heavy atom. The number of nitrogens with zero attached hydrogens (tertiary/aromatic N) is 2. The van der Waals surface area contributed by atoms with Crippen molar-refractivity contribution >= 4 is 0 Å². The van der Waals surface area contributed by atoms with Crippen LogP contribution in [0, 0.1) is 13.8 Å². The Kier molecular flexibility index (Phi) is 4.29. The fourth-order valence-electron chi connectivity index (χ4n) is 2.09. The molecule has 0 radical (unpaired) electrons. The number of hydrogen-bond acceptors (Lipinski definition) is 2. The maximum absolute atomic E-state index is 4.63. The Bertz CT molecular complexity index is 576. The van der Waals surface area contributed by atoms with Crippen LogP contribution in [0.2, 0.25) is 0 Å². The van der Waals surface area contributed by atoms with E-state index < -0.39 is 0 Å². The summed E-state index contributed by atoms with van der Waals surface area (Å²) in [5.74, 6) is 0. The molecule has 20 heavy (non-hydrogen) atoms. The van der Waals surface area contributed by atoms with Gasteiger partial charge in [0.2, 0.25) is 0 Å². The second-order valence-corrected chi connectivity index (χ2v) is 6.54. The van der Waals surface area contributed by atoms with Crippen molar-refractivity contribution in [3.63, 3.8) is 0 Å².